The molecule has 0 radical (unpaired) electrons. The number of ether oxygens (including phenoxy) is 1. The van der Waals surface area contributed by atoms with Gasteiger partial charge in [0.1, 0.15) is 11.6 Å². The Hall–Kier alpha value is -1.64. The van der Waals surface area contributed by atoms with Gasteiger partial charge in [-0.3, -0.25) is 19.4 Å². The molecule has 2 aliphatic rings. The number of nitrogens with zero attached hydrogens (tertiary/aromatic N) is 3. The van der Waals surface area contributed by atoms with Crippen molar-refractivity contribution in [3.63, 3.8) is 0 Å². The number of carbonyl (C=O) groups is 2. The van der Waals surface area contributed by atoms with E-state index in [4.69, 9.17) is 4.74 Å². The van der Waals surface area contributed by atoms with Gasteiger partial charge < -0.3 is 10.1 Å². The lowest BCUT2D eigenvalue weighted by molar-refractivity contribution is -0.123. The molecule has 3 rings (SSSR count). The van der Waals surface area contributed by atoms with Crippen LogP contribution in [0.4, 0.5) is 5.69 Å². The average molecular weight is 350 g/mol. The molecule has 24 heavy (non-hydrogen) atoms. The fourth-order valence-electron chi connectivity index (χ4n) is 2.77. The Morgan fingerprint density at radius 1 is 1.38 bits per heavy atom. The Kier molecular flexibility index (Phi) is 6.06. The van der Waals surface area contributed by atoms with E-state index >= 15 is 0 Å². The fourth-order valence-corrected chi connectivity index (χ4v) is 3.65. The molecule has 1 aromatic rings. The molecule has 130 valence electrons. The highest BCUT2D eigenvalue weighted by Crippen LogP contribution is 2.32. The Morgan fingerprint density at radius 3 is 3.04 bits per heavy atom. The van der Waals surface area contributed by atoms with Gasteiger partial charge in [-0.25, -0.2) is 4.98 Å². The zero-order valence-corrected chi connectivity index (χ0v) is 14.4. The number of morpholine rings is 1. The number of nitrogens with one attached hydrogen (secondary N) is 1. The molecule has 8 heteroatoms. The summed E-state index contributed by atoms with van der Waals surface area (Å²) in [7, 11) is 0. The lowest BCUT2D eigenvalue weighted by atomic mass is 10.3. The normalized spacial score (nSPS) is 18.3. The fraction of sp³-hybridized carbons (Fsp3) is 0.562. The van der Waals surface area contributed by atoms with Gasteiger partial charge in [0.25, 0.3) is 0 Å². The van der Waals surface area contributed by atoms with Crippen LogP contribution < -0.4 is 10.2 Å². The Morgan fingerprint density at radius 2 is 2.21 bits per heavy atom. The minimum Gasteiger partial charge on any atom is -0.379 e. The number of amides is 2. The van der Waals surface area contributed by atoms with Crippen LogP contribution in [0.3, 0.4) is 0 Å². The van der Waals surface area contributed by atoms with E-state index in [1.165, 1.54) is 16.7 Å². The van der Waals surface area contributed by atoms with Crippen LogP contribution in [0.5, 0.6) is 0 Å². The van der Waals surface area contributed by atoms with Gasteiger partial charge in [0, 0.05) is 25.8 Å². The van der Waals surface area contributed by atoms with Gasteiger partial charge in [-0.05, 0) is 25.1 Å². The first kappa shape index (κ1) is 17.2. The maximum Gasteiger partial charge on any atom is 0.240 e. The molecular formula is C16H22N4O3S. The third-order valence-corrected chi connectivity index (χ3v) is 5.03. The van der Waals surface area contributed by atoms with Crippen LogP contribution in [-0.2, 0) is 14.3 Å². The van der Waals surface area contributed by atoms with E-state index < -0.39 is 0 Å². The monoisotopic (exact) mass is 350 g/mol. The molecule has 1 N–H and O–H groups in total. The zero-order valence-electron chi connectivity index (χ0n) is 13.6. The van der Waals surface area contributed by atoms with Gasteiger partial charge >= 0.3 is 0 Å². The molecule has 1 saturated heterocycles. The van der Waals surface area contributed by atoms with Crippen molar-refractivity contribution < 1.29 is 14.3 Å². The highest BCUT2D eigenvalue weighted by Gasteiger charge is 2.27. The summed E-state index contributed by atoms with van der Waals surface area (Å²) >= 11 is 1.42. The SMILES string of the molecule is O=C(CN1C(=O)CSc2ncccc21)NCCCN1CCOCC1. The molecule has 0 unspecified atom stereocenters. The number of hydrogen-bond acceptors (Lipinski definition) is 6. The van der Waals surface area contributed by atoms with Gasteiger partial charge in [0.05, 0.1) is 24.7 Å². The van der Waals surface area contributed by atoms with Crippen LogP contribution in [0.15, 0.2) is 23.4 Å². The molecule has 7 nitrogen and oxygen atoms in total. The lowest BCUT2D eigenvalue weighted by Crippen LogP contribution is -2.44. The summed E-state index contributed by atoms with van der Waals surface area (Å²) in [6, 6.07) is 3.61. The van der Waals surface area contributed by atoms with Crippen molar-refractivity contribution in [3.8, 4) is 0 Å². The van der Waals surface area contributed by atoms with Gasteiger partial charge in [0.2, 0.25) is 11.8 Å². The Labute approximate surface area is 145 Å². The van der Waals surface area contributed by atoms with Crippen molar-refractivity contribution in [1.29, 1.82) is 0 Å². The van der Waals surface area contributed by atoms with E-state index in [0.29, 0.717) is 12.3 Å². The van der Waals surface area contributed by atoms with Crippen molar-refractivity contribution in [2.45, 2.75) is 11.4 Å². The summed E-state index contributed by atoms with van der Waals surface area (Å²) in [5.74, 6) is 0.143. The molecule has 0 spiro atoms. The Balaban J connectivity index is 1.44. The summed E-state index contributed by atoms with van der Waals surface area (Å²) in [6.45, 7) is 5.11. The van der Waals surface area contributed by atoms with Gasteiger partial charge in [-0.1, -0.05) is 11.8 Å². The van der Waals surface area contributed by atoms with Crippen LogP contribution >= 0.6 is 11.8 Å². The van der Waals surface area contributed by atoms with E-state index in [-0.39, 0.29) is 18.4 Å². The van der Waals surface area contributed by atoms with E-state index in [9.17, 15) is 9.59 Å². The third-order valence-electron chi connectivity index (χ3n) is 4.05. The Bertz CT molecular complexity index is 592. The van der Waals surface area contributed by atoms with E-state index in [1.807, 2.05) is 6.07 Å². The summed E-state index contributed by atoms with van der Waals surface area (Å²) in [6.07, 6.45) is 2.60. The van der Waals surface area contributed by atoms with Gasteiger partial charge in [0.15, 0.2) is 0 Å². The van der Waals surface area contributed by atoms with Crippen LogP contribution in [0.25, 0.3) is 0 Å². The second-order valence-electron chi connectivity index (χ2n) is 5.75. The predicted octanol–water partition coefficient (Wildman–Crippen LogP) is 0.359. The van der Waals surface area contributed by atoms with Crippen LogP contribution in [-0.4, -0.2) is 73.4 Å². The smallest absolute Gasteiger partial charge is 0.240 e. The summed E-state index contributed by atoms with van der Waals surface area (Å²) in [4.78, 5) is 32.4. The number of fused-ring (bicyclic) bond motifs is 1. The number of aromatic nitrogens is 1. The number of hydrogen-bond donors (Lipinski definition) is 1. The molecule has 0 bridgehead atoms. The second-order valence-corrected chi connectivity index (χ2v) is 6.72. The maximum absolute atomic E-state index is 12.2. The summed E-state index contributed by atoms with van der Waals surface area (Å²) < 4.78 is 5.31. The number of anilines is 1. The average Bonchev–Trinajstić information content (AvgIpc) is 2.62. The lowest BCUT2D eigenvalue weighted by Gasteiger charge is -2.28. The van der Waals surface area contributed by atoms with Crippen LogP contribution in [0.2, 0.25) is 0 Å². The zero-order chi connectivity index (χ0) is 16.8. The maximum atomic E-state index is 12.2. The first-order valence-electron chi connectivity index (χ1n) is 8.19. The highest BCUT2D eigenvalue weighted by molar-refractivity contribution is 8.00. The second kappa shape index (κ2) is 8.46. The minimum atomic E-state index is -0.132. The molecule has 0 saturated carbocycles. The molecular weight excluding hydrogens is 328 g/mol. The van der Waals surface area contributed by atoms with Crippen LogP contribution in [0, 0.1) is 0 Å². The number of pyridine rings is 1. The molecule has 3 heterocycles. The summed E-state index contributed by atoms with van der Waals surface area (Å²) in [5.41, 5.74) is 0.724. The largest absolute Gasteiger partial charge is 0.379 e. The van der Waals surface area contributed by atoms with Crippen LogP contribution in [0.1, 0.15) is 6.42 Å². The molecule has 1 aromatic heterocycles. The molecule has 2 aliphatic heterocycles. The molecule has 0 aromatic carbocycles. The molecule has 0 atom stereocenters. The quantitative estimate of drug-likeness (QED) is 0.747. The highest BCUT2D eigenvalue weighted by atomic mass is 32.2. The molecule has 2 amide bonds. The third kappa shape index (κ3) is 4.46. The van der Waals surface area contributed by atoms with E-state index in [2.05, 4.69) is 15.2 Å². The first-order chi connectivity index (χ1) is 11.7. The van der Waals surface area contributed by atoms with Gasteiger partial charge in [-0.15, -0.1) is 0 Å². The van der Waals surface area contributed by atoms with Crippen molar-refractivity contribution in [2.24, 2.45) is 0 Å². The van der Waals surface area contributed by atoms with Crippen molar-refractivity contribution >= 4 is 29.3 Å². The topological polar surface area (TPSA) is 74.8 Å². The van der Waals surface area contributed by atoms with Crippen molar-refractivity contribution in [3.05, 3.63) is 18.3 Å². The number of rotatable bonds is 6. The van der Waals surface area contributed by atoms with E-state index in [0.717, 1.165) is 50.0 Å². The molecule has 1 fully saturated rings. The molecule has 0 aliphatic carbocycles. The first-order valence-corrected chi connectivity index (χ1v) is 9.17. The predicted molar refractivity (Wildman–Crippen MR) is 92.2 cm³/mol. The summed E-state index contributed by atoms with van der Waals surface area (Å²) in [5, 5.41) is 3.71. The standard InChI is InChI=1S/C16H22N4O3S/c21-14(17-5-2-6-19-7-9-23-10-8-19)11-20-13-3-1-4-18-16(13)24-12-15(20)22/h1,3-4H,2,5-12H2,(H,17,21). The van der Waals surface area contributed by atoms with Crippen molar-refractivity contribution in [1.82, 2.24) is 15.2 Å². The van der Waals surface area contributed by atoms with Crippen molar-refractivity contribution in [2.75, 3.05) is 56.6 Å². The van der Waals surface area contributed by atoms with Gasteiger partial charge in [-0.2, -0.15) is 0 Å². The number of thioether (sulfide) groups is 1. The number of carbonyl (C=O) groups excluding carboxylic acids is 2. The van der Waals surface area contributed by atoms with E-state index in [1.54, 1.807) is 12.3 Å². The minimum absolute atomic E-state index is 0.0512.